The first-order valence-corrected chi connectivity index (χ1v) is 8.69. The first-order valence-electron chi connectivity index (χ1n) is 7.14. The molecule has 2 aromatic rings. The van der Waals surface area contributed by atoms with E-state index in [2.05, 4.69) is 5.32 Å². The van der Waals surface area contributed by atoms with Gasteiger partial charge in [0, 0.05) is 12.1 Å². The summed E-state index contributed by atoms with van der Waals surface area (Å²) in [4.78, 5) is 12.6. The number of Topliss-reactive ketones (excluding diaryl/α,β-unsaturated/α-hetero) is 1. The number of para-hydroxylation sites is 1. The molecular formula is C17H19NO3S. The lowest BCUT2D eigenvalue weighted by atomic mass is 10.1. The van der Waals surface area contributed by atoms with E-state index in [0.717, 1.165) is 0 Å². The van der Waals surface area contributed by atoms with E-state index in [1.807, 2.05) is 6.92 Å². The van der Waals surface area contributed by atoms with E-state index >= 15 is 0 Å². The third-order valence-electron chi connectivity index (χ3n) is 3.45. The van der Waals surface area contributed by atoms with Crippen LogP contribution in [-0.2, 0) is 9.84 Å². The van der Waals surface area contributed by atoms with Crippen LogP contribution in [-0.4, -0.2) is 26.0 Å². The molecule has 1 N–H and O–H groups in total. The summed E-state index contributed by atoms with van der Waals surface area (Å²) in [5.41, 5.74) is 0.928. The number of anilines is 1. The fourth-order valence-corrected chi connectivity index (χ4v) is 3.73. The van der Waals surface area contributed by atoms with Crippen LogP contribution in [0.2, 0.25) is 0 Å². The van der Waals surface area contributed by atoms with Crippen LogP contribution in [0.25, 0.3) is 0 Å². The average Bonchev–Trinajstić information content (AvgIpc) is 2.55. The summed E-state index contributed by atoms with van der Waals surface area (Å²) in [5, 5.41) is 1.90. The Morgan fingerprint density at radius 2 is 1.64 bits per heavy atom. The molecule has 0 aliphatic rings. The van der Waals surface area contributed by atoms with Gasteiger partial charge in [0.2, 0.25) is 0 Å². The molecule has 2 rings (SSSR count). The van der Waals surface area contributed by atoms with E-state index in [0.29, 0.717) is 17.8 Å². The molecule has 0 saturated heterocycles. The minimum atomic E-state index is -3.75. The van der Waals surface area contributed by atoms with Gasteiger partial charge in [-0.3, -0.25) is 4.79 Å². The number of nitrogens with one attached hydrogen (secondary N) is 1. The molecule has 116 valence electrons. The predicted octanol–water partition coefficient (Wildman–Crippen LogP) is 3.16. The quantitative estimate of drug-likeness (QED) is 0.831. The smallest absolute Gasteiger partial charge is 0.190 e. The average molecular weight is 317 g/mol. The fraction of sp³-hybridized carbons (Fsp3) is 0.235. The SMILES string of the molecule is CCNc1ccccc1S(=O)(=O)C(C)C(=O)c1ccccc1. The van der Waals surface area contributed by atoms with E-state index in [1.54, 1.807) is 48.5 Å². The van der Waals surface area contributed by atoms with Gasteiger partial charge in [0.25, 0.3) is 0 Å². The number of rotatable bonds is 6. The second-order valence-corrected chi connectivity index (χ2v) is 7.18. The maximum atomic E-state index is 12.8. The summed E-state index contributed by atoms with van der Waals surface area (Å²) >= 11 is 0. The molecule has 0 heterocycles. The molecule has 0 aliphatic heterocycles. The number of sulfone groups is 1. The van der Waals surface area contributed by atoms with E-state index in [9.17, 15) is 13.2 Å². The Morgan fingerprint density at radius 1 is 1.05 bits per heavy atom. The first-order chi connectivity index (χ1) is 10.5. The molecule has 0 aliphatic carbocycles. The van der Waals surface area contributed by atoms with Gasteiger partial charge in [-0.2, -0.15) is 0 Å². The number of hydrogen-bond acceptors (Lipinski definition) is 4. The highest BCUT2D eigenvalue weighted by Crippen LogP contribution is 2.26. The Balaban J connectivity index is 2.40. The van der Waals surface area contributed by atoms with E-state index in [-0.39, 0.29) is 4.90 Å². The van der Waals surface area contributed by atoms with E-state index in [4.69, 9.17) is 0 Å². The van der Waals surface area contributed by atoms with Gasteiger partial charge in [0.15, 0.2) is 15.6 Å². The molecule has 1 atom stereocenters. The van der Waals surface area contributed by atoms with Gasteiger partial charge in [-0.25, -0.2) is 8.42 Å². The number of carbonyl (C=O) groups is 1. The molecule has 22 heavy (non-hydrogen) atoms. The third-order valence-corrected chi connectivity index (χ3v) is 5.57. The lowest BCUT2D eigenvalue weighted by molar-refractivity contribution is 0.0991. The summed E-state index contributed by atoms with van der Waals surface area (Å²) in [6, 6.07) is 15.1. The van der Waals surface area contributed by atoms with Crippen molar-refractivity contribution in [1.82, 2.24) is 0 Å². The summed E-state index contributed by atoms with van der Waals surface area (Å²) < 4.78 is 25.6. The monoisotopic (exact) mass is 317 g/mol. The van der Waals surface area contributed by atoms with Gasteiger partial charge in [0.1, 0.15) is 5.25 Å². The van der Waals surface area contributed by atoms with Crippen LogP contribution >= 0.6 is 0 Å². The van der Waals surface area contributed by atoms with Crippen LogP contribution in [0.5, 0.6) is 0 Å². The van der Waals surface area contributed by atoms with Crippen LogP contribution in [0.3, 0.4) is 0 Å². The maximum absolute atomic E-state index is 12.8. The Bertz CT molecular complexity index is 754. The molecule has 5 heteroatoms. The van der Waals surface area contributed by atoms with Crippen LogP contribution in [0.15, 0.2) is 59.5 Å². The third kappa shape index (κ3) is 3.20. The lowest BCUT2D eigenvalue weighted by Gasteiger charge is -2.16. The van der Waals surface area contributed by atoms with Crippen LogP contribution < -0.4 is 5.32 Å². The number of carbonyl (C=O) groups excluding carboxylic acids is 1. The highest BCUT2D eigenvalue weighted by molar-refractivity contribution is 7.93. The van der Waals surface area contributed by atoms with Crippen molar-refractivity contribution >= 4 is 21.3 Å². The summed E-state index contributed by atoms with van der Waals surface area (Å²) in [6.07, 6.45) is 0. The van der Waals surface area contributed by atoms with Crippen molar-refractivity contribution in [2.24, 2.45) is 0 Å². The molecular weight excluding hydrogens is 298 g/mol. The van der Waals surface area contributed by atoms with E-state index < -0.39 is 20.9 Å². The van der Waals surface area contributed by atoms with Crippen LogP contribution in [0.1, 0.15) is 24.2 Å². The second-order valence-electron chi connectivity index (χ2n) is 4.94. The number of hydrogen-bond donors (Lipinski definition) is 1. The highest BCUT2D eigenvalue weighted by atomic mass is 32.2. The van der Waals surface area contributed by atoms with Crippen LogP contribution in [0, 0.1) is 0 Å². The molecule has 0 radical (unpaired) electrons. The normalized spacial score (nSPS) is 12.6. The van der Waals surface area contributed by atoms with Crippen molar-refractivity contribution in [3.8, 4) is 0 Å². The zero-order chi connectivity index (χ0) is 16.2. The maximum Gasteiger partial charge on any atom is 0.190 e. The topological polar surface area (TPSA) is 63.2 Å². The standard InChI is InChI=1S/C17H19NO3S/c1-3-18-15-11-7-8-12-16(15)22(20,21)13(2)17(19)14-9-5-4-6-10-14/h4-13,18H,3H2,1-2H3. The van der Waals surface area contributed by atoms with Crippen molar-refractivity contribution in [3.05, 3.63) is 60.2 Å². The van der Waals surface area contributed by atoms with Gasteiger partial charge >= 0.3 is 0 Å². The molecule has 2 aromatic carbocycles. The Morgan fingerprint density at radius 3 is 2.27 bits per heavy atom. The Hall–Kier alpha value is -2.14. The first kappa shape index (κ1) is 16.2. The van der Waals surface area contributed by atoms with Crippen molar-refractivity contribution < 1.29 is 13.2 Å². The zero-order valence-corrected chi connectivity index (χ0v) is 13.4. The van der Waals surface area contributed by atoms with Crippen LogP contribution in [0.4, 0.5) is 5.69 Å². The van der Waals surface area contributed by atoms with Crippen molar-refractivity contribution in [2.45, 2.75) is 24.0 Å². The molecule has 1 unspecified atom stereocenters. The summed E-state index contributed by atoms with van der Waals surface area (Å²) in [6.45, 7) is 3.93. The second kappa shape index (κ2) is 6.75. The molecule has 0 saturated carbocycles. The summed E-state index contributed by atoms with van der Waals surface area (Å²) in [7, 11) is -3.75. The fourth-order valence-electron chi connectivity index (χ4n) is 2.22. The van der Waals surface area contributed by atoms with Gasteiger partial charge in [-0.15, -0.1) is 0 Å². The zero-order valence-electron chi connectivity index (χ0n) is 12.6. The lowest BCUT2D eigenvalue weighted by Crippen LogP contribution is -2.28. The molecule has 4 nitrogen and oxygen atoms in total. The van der Waals surface area contributed by atoms with Crippen molar-refractivity contribution in [1.29, 1.82) is 0 Å². The van der Waals surface area contributed by atoms with Gasteiger partial charge in [-0.05, 0) is 26.0 Å². The predicted molar refractivity (Wildman–Crippen MR) is 88.0 cm³/mol. The highest BCUT2D eigenvalue weighted by Gasteiger charge is 2.31. The Labute approximate surface area is 131 Å². The van der Waals surface area contributed by atoms with Gasteiger partial charge < -0.3 is 5.32 Å². The Kier molecular flexibility index (Phi) is 4.98. The summed E-state index contributed by atoms with van der Waals surface area (Å²) in [5.74, 6) is -0.396. The van der Waals surface area contributed by atoms with Crippen molar-refractivity contribution in [2.75, 3.05) is 11.9 Å². The molecule has 0 aromatic heterocycles. The molecule has 0 spiro atoms. The molecule has 0 bridgehead atoms. The molecule has 0 amide bonds. The molecule has 0 fully saturated rings. The van der Waals surface area contributed by atoms with Gasteiger partial charge in [-0.1, -0.05) is 42.5 Å². The minimum absolute atomic E-state index is 0.161. The number of benzene rings is 2. The van der Waals surface area contributed by atoms with Gasteiger partial charge in [0.05, 0.1) is 10.6 Å². The largest absolute Gasteiger partial charge is 0.384 e. The minimum Gasteiger partial charge on any atom is -0.384 e. The van der Waals surface area contributed by atoms with E-state index in [1.165, 1.54) is 13.0 Å². The number of ketones is 1. The van der Waals surface area contributed by atoms with Crippen molar-refractivity contribution in [3.63, 3.8) is 0 Å².